The van der Waals surface area contributed by atoms with Crippen LogP contribution in [-0.2, 0) is 11.3 Å². The first-order valence-electron chi connectivity index (χ1n) is 11.0. The third kappa shape index (κ3) is 4.46. The maximum atomic E-state index is 15.1. The Kier molecular flexibility index (Phi) is 5.75. The van der Waals surface area contributed by atoms with Crippen molar-refractivity contribution in [2.45, 2.75) is 59.1 Å². The summed E-state index contributed by atoms with van der Waals surface area (Å²) in [5.41, 5.74) is 1.39. The van der Waals surface area contributed by atoms with Gasteiger partial charge in [0.2, 0.25) is 0 Å². The predicted molar refractivity (Wildman–Crippen MR) is 116 cm³/mol. The topological polar surface area (TPSA) is 49.8 Å². The van der Waals surface area contributed by atoms with Crippen molar-refractivity contribution in [2.75, 3.05) is 13.1 Å². The lowest BCUT2D eigenvalue weighted by molar-refractivity contribution is -0.147. The molecular weight excluding hydrogens is 381 g/mol. The van der Waals surface area contributed by atoms with Gasteiger partial charge in [-0.05, 0) is 60.1 Å². The highest BCUT2D eigenvalue weighted by molar-refractivity contribution is 5.85. The molecule has 0 bridgehead atoms. The second-order valence-corrected chi connectivity index (χ2v) is 10.1. The second-order valence-electron chi connectivity index (χ2n) is 10.1. The number of rotatable bonds is 5. The van der Waals surface area contributed by atoms with Gasteiger partial charge in [-0.3, -0.25) is 9.69 Å². The molecule has 1 aliphatic carbocycles. The Morgan fingerprint density at radius 1 is 1.13 bits per heavy atom. The van der Waals surface area contributed by atoms with Gasteiger partial charge < -0.3 is 9.84 Å². The fourth-order valence-electron chi connectivity index (χ4n) is 4.85. The molecule has 0 atom stereocenters. The minimum atomic E-state index is -0.730. The molecule has 162 valence electrons. The van der Waals surface area contributed by atoms with Crippen LogP contribution in [0.3, 0.4) is 0 Å². The Hall–Kier alpha value is -2.14. The Morgan fingerprint density at radius 3 is 2.47 bits per heavy atom. The van der Waals surface area contributed by atoms with E-state index in [-0.39, 0.29) is 17.8 Å². The van der Waals surface area contributed by atoms with Crippen LogP contribution < -0.4 is 4.74 Å². The van der Waals surface area contributed by atoms with Crippen LogP contribution >= 0.6 is 0 Å². The zero-order chi connectivity index (χ0) is 21.5. The van der Waals surface area contributed by atoms with Crippen LogP contribution in [0.5, 0.6) is 5.75 Å². The normalized spacial score (nSPS) is 23.3. The van der Waals surface area contributed by atoms with Crippen molar-refractivity contribution in [3.05, 3.63) is 41.7 Å². The van der Waals surface area contributed by atoms with Crippen molar-refractivity contribution >= 4 is 16.7 Å². The van der Waals surface area contributed by atoms with Crippen molar-refractivity contribution in [2.24, 2.45) is 17.3 Å². The number of hydrogen-bond acceptors (Lipinski definition) is 3. The molecule has 1 aliphatic heterocycles. The molecular formula is C25H32FNO3. The predicted octanol–water partition coefficient (Wildman–Crippen LogP) is 5.48. The summed E-state index contributed by atoms with van der Waals surface area (Å²) in [5.74, 6) is -0.227. The number of halogens is 1. The molecule has 2 fully saturated rings. The van der Waals surface area contributed by atoms with Gasteiger partial charge >= 0.3 is 5.97 Å². The Labute approximate surface area is 178 Å². The molecule has 0 amide bonds. The van der Waals surface area contributed by atoms with Gasteiger partial charge in [-0.25, -0.2) is 4.39 Å². The number of benzene rings is 2. The lowest BCUT2D eigenvalue weighted by atomic mass is 9.72. The van der Waals surface area contributed by atoms with Crippen LogP contribution in [0.4, 0.5) is 4.39 Å². The van der Waals surface area contributed by atoms with Crippen LogP contribution in [0.1, 0.15) is 52.0 Å². The maximum absolute atomic E-state index is 15.1. The van der Waals surface area contributed by atoms with Gasteiger partial charge in [-0.2, -0.15) is 0 Å². The largest absolute Gasteiger partial charge is 0.487 e. The summed E-state index contributed by atoms with van der Waals surface area (Å²) in [6, 6.07) is 9.41. The first kappa shape index (κ1) is 21.1. The van der Waals surface area contributed by atoms with Crippen molar-refractivity contribution in [3.8, 4) is 5.75 Å². The molecule has 1 N–H and O–H groups in total. The molecule has 2 aromatic rings. The van der Waals surface area contributed by atoms with E-state index in [9.17, 15) is 4.79 Å². The van der Waals surface area contributed by atoms with E-state index in [1.165, 1.54) is 0 Å². The van der Waals surface area contributed by atoms with Crippen LogP contribution in [0.25, 0.3) is 10.8 Å². The summed E-state index contributed by atoms with van der Waals surface area (Å²) in [6.07, 6.45) is 4.30. The molecule has 2 aromatic carbocycles. The molecule has 30 heavy (non-hydrogen) atoms. The van der Waals surface area contributed by atoms with Crippen LogP contribution in [0.15, 0.2) is 30.3 Å². The zero-order valence-electron chi connectivity index (χ0n) is 18.2. The number of hydrogen-bond donors (Lipinski definition) is 1. The quantitative estimate of drug-likeness (QED) is 0.705. The number of nitrogens with zero attached hydrogens (tertiary/aromatic N) is 1. The molecule has 5 heteroatoms. The van der Waals surface area contributed by atoms with E-state index in [2.05, 4.69) is 25.7 Å². The molecule has 1 saturated heterocycles. The minimum absolute atomic E-state index is 0.0865. The number of aliphatic carboxylic acids is 1. The highest BCUT2D eigenvalue weighted by Crippen LogP contribution is 2.39. The summed E-state index contributed by atoms with van der Waals surface area (Å²) in [7, 11) is 0. The van der Waals surface area contributed by atoms with Crippen molar-refractivity contribution in [1.29, 1.82) is 0 Å². The van der Waals surface area contributed by atoms with Crippen LogP contribution in [0, 0.1) is 23.1 Å². The van der Waals surface area contributed by atoms with Crippen LogP contribution in [0.2, 0.25) is 0 Å². The van der Waals surface area contributed by atoms with Gasteiger partial charge in [0, 0.05) is 25.0 Å². The molecule has 2 aliphatic rings. The number of ether oxygens (including phenoxy) is 1. The summed E-state index contributed by atoms with van der Waals surface area (Å²) >= 11 is 0. The molecule has 1 saturated carbocycles. The fraction of sp³-hybridized carbons (Fsp3) is 0.560. The maximum Gasteiger partial charge on any atom is 0.309 e. The molecule has 4 rings (SSSR count). The van der Waals surface area contributed by atoms with E-state index in [4.69, 9.17) is 9.84 Å². The van der Waals surface area contributed by atoms with Crippen molar-refractivity contribution in [1.82, 2.24) is 4.90 Å². The smallest absolute Gasteiger partial charge is 0.309 e. The molecule has 0 aromatic heterocycles. The average molecular weight is 414 g/mol. The molecule has 0 radical (unpaired) electrons. The summed E-state index contributed by atoms with van der Waals surface area (Å²) in [5, 5.41) is 10.4. The molecule has 0 unspecified atom stereocenters. The lowest BCUT2D eigenvalue weighted by Crippen LogP contribution is -2.49. The zero-order valence-corrected chi connectivity index (χ0v) is 18.2. The van der Waals surface area contributed by atoms with Gasteiger partial charge in [-0.1, -0.05) is 39.0 Å². The first-order chi connectivity index (χ1) is 14.2. The highest BCUT2D eigenvalue weighted by atomic mass is 19.1. The van der Waals surface area contributed by atoms with E-state index in [0.29, 0.717) is 42.1 Å². The Balaban J connectivity index is 1.40. The number of fused-ring (bicyclic) bond motifs is 1. The van der Waals surface area contributed by atoms with Crippen LogP contribution in [-0.4, -0.2) is 35.2 Å². The van der Waals surface area contributed by atoms with E-state index in [1.807, 2.05) is 24.3 Å². The Morgan fingerprint density at radius 2 is 1.83 bits per heavy atom. The van der Waals surface area contributed by atoms with Crippen molar-refractivity contribution < 1.29 is 19.0 Å². The number of carboxylic acids is 1. The average Bonchev–Trinajstić information content (AvgIpc) is 2.66. The monoisotopic (exact) mass is 413 g/mol. The van der Waals surface area contributed by atoms with Gasteiger partial charge in [0.25, 0.3) is 0 Å². The number of likely N-dealkylation sites (tertiary alicyclic amines) is 1. The number of carboxylic acid groups (broad SMARTS) is 1. The van der Waals surface area contributed by atoms with E-state index >= 15 is 4.39 Å². The van der Waals surface area contributed by atoms with Gasteiger partial charge in [0.15, 0.2) is 11.6 Å². The van der Waals surface area contributed by atoms with E-state index < -0.39 is 5.97 Å². The van der Waals surface area contributed by atoms with Gasteiger partial charge in [0.1, 0.15) is 0 Å². The number of carbonyl (C=O) groups is 1. The first-order valence-corrected chi connectivity index (χ1v) is 11.0. The summed E-state index contributed by atoms with van der Waals surface area (Å²) in [6.45, 7) is 8.72. The fourth-order valence-corrected chi connectivity index (χ4v) is 4.85. The standard InChI is InChI=1S/C25H32FNO3/c1-25(2,3)19-6-8-20(9-7-19)30-22-11-5-17-12-16(4-10-21(17)23(22)26)13-27-14-18(15-27)24(28)29/h4-5,10-12,18-20H,6-9,13-15H2,1-3H3,(H,28,29)/t19-,20-. The summed E-state index contributed by atoms with van der Waals surface area (Å²) < 4.78 is 21.2. The third-order valence-electron chi connectivity index (χ3n) is 6.89. The van der Waals surface area contributed by atoms with Crippen molar-refractivity contribution in [3.63, 3.8) is 0 Å². The van der Waals surface area contributed by atoms with Gasteiger partial charge in [-0.15, -0.1) is 0 Å². The molecule has 0 spiro atoms. The van der Waals surface area contributed by atoms with Gasteiger partial charge in [0.05, 0.1) is 12.0 Å². The summed E-state index contributed by atoms with van der Waals surface area (Å²) in [4.78, 5) is 13.0. The lowest BCUT2D eigenvalue weighted by Gasteiger charge is -2.37. The SMILES string of the molecule is CC(C)(C)[C@H]1CC[C@H](Oc2ccc3cc(CN4CC(C(=O)O)C4)ccc3c2F)CC1. The highest BCUT2D eigenvalue weighted by Gasteiger charge is 2.32. The second kappa shape index (κ2) is 8.18. The molecule has 1 heterocycles. The third-order valence-corrected chi connectivity index (χ3v) is 6.89. The van der Waals surface area contributed by atoms with E-state index in [0.717, 1.165) is 36.6 Å². The molecule has 4 nitrogen and oxygen atoms in total. The minimum Gasteiger partial charge on any atom is -0.487 e. The Bertz CT molecular complexity index is 922. The van der Waals surface area contributed by atoms with E-state index in [1.54, 1.807) is 6.07 Å².